The number of halogens is 4. The Hall–Kier alpha value is -0.920. The monoisotopic (exact) mass is 350 g/mol. The molecule has 0 aliphatic carbocycles. The molecule has 0 aromatic carbocycles. The molecule has 0 aliphatic rings. The lowest BCUT2D eigenvalue weighted by Gasteiger charge is -2.20. The summed E-state index contributed by atoms with van der Waals surface area (Å²) in [7, 11) is 1.63. The van der Waals surface area contributed by atoms with Gasteiger partial charge < -0.3 is 5.32 Å². The maximum atomic E-state index is 13.0. The molecule has 0 aliphatic heterocycles. The molecule has 0 fully saturated rings. The zero-order valence-electron chi connectivity index (χ0n) is 9.83. The fraction of sp³-hybridized carbons (Fsp3) is 0.250. The smallest absolute Gasteiger partial charge is 0.309 e. The Morgan fingerprint density at radius 2 is 2.16 bits per heavy atom. The van der Waals surface area contributed by atoms with Gasteiger partial charge in [0.2, 0.25) is 0 Å². The number of hydrogen-bond donors (Lipinski definition) is 1. The van der Waals surface area contributed by atoms with Crippen molar-refractivity contribution in [2.45, 2.75) is 12.2 Å². The van der Waals surface area contributed by atoms with E-state index in [1.807, 2.05) is 5.38 Å². The van der Waals surface area contributed by atoms with Gasteiger partial charge in [-0.2, -0.15) is 13.2 Å². The van der Waals surface area contributed by atoms with E-state index in [-0.39, 0.29) is 5.56 Å². The summed E-state index contributed by atoms with van der Waals surface area (Å²) in [5.74, 6) is 0. The maximum Gasteiger partial charge on any atom is 0.416 e. The van der Waals surface area contributed by atoms with Crippen LogP contribution in [-0.4, -0.2) is 12.0 Å². The molecule has 2 aromatic rings. The lowest BCUT2D eigenvalue weighted by molar-refractivity contribution is -0.138. The zero-order valence-corrected chi connectivity index (χ0v) is 12.2. The van der Waals surface area contributed by atoms with Crippen LogP contribution in [0.4, 0.5) is 13.2 Å². The van der Waals surface area contributed by atoms with Crippen LogP contribution in [0.2, 0.25) is 0 Å². The Bertz CT molecular complexity index is 568. The largest absolute Gasteiger partial charge is 0.416 e. The van der Waals surface area contributed by atoms with Gasteiger partial charge in [0.05, 0.1) is 15.4 Å². The summed E-state index contributed by atoms with van der Waals surface area (Å²) in [5, 5.41) is 4.72. The standard InChI is InChI=1S/C12H10BrF3N2S/c1-17-11(7-4-10(13)19-6-7)8-5-18-3-2-9(8)12(14,15)16/h2-6,11,17H,1H3. The van der Waals surface area contributed by atoms with Crippen LogP contribution in [0.1, 0.15) is 22.7 Å². The molecule has 0 bridgehead atoms. The van der Waals surface area contributed by atoms with Crippen LogP contribution in [0, 0.1) is 0 Å². The molecule has 1 atom stereocenters. The molecule has 102 valence electrons. The average Bonchev–Trinajstić information content (AvgIpc) is 2.76. The van der Waals surface area contributed by atoms with Gasteiger partial charge in [-0.05, 0) is 46.1 Å². The van der Waals surface area contributed by atoms with Crippen LogP contribution in [0.3, 0.4) is 0 Å². The normalized spacial score (nSPS) is 13.5. The van der Waals surface area contributed by atoms with E-state index in [4.69, 9.17) is 0 Å². The number of aromatic nitrogens is 1. The molecule has 0 radical (unpaired) electrons. The van der Waals surface area contributed by atoms with Gasteiger partial charge in [0.25, 0.3) is 0 Å². The Labute approximate surface area is 120 Å². The molecule has 7 heteroatoms. The predicted molar refractivity (Wildman–Crippen MR) is 72.2 cm³/mol. The number of rotatable bonds is 3. The van der Waals surface area contributed by atoms with Crippen LogP contribution >= 0.6 is 27.3 Å². The minimum absolute atomic E-state index is 0.128. The second-order valence-electron chi connectivity index (χ2n) is 3.87. The lowest BCUT2D eigenvalue weighted by Crippen LogP contribution is -2.21. The molecule has 0 spiro atoms. The van der Waals surface area contributed by atoms with E-state index in [1.165, 1.54) is 17.5 Å². The summed E-state index contributed by atoms with van der Waals surface area (Å²) >= 11 is 4.74. The third-order valence-corrected chi connectivity index (χ3v) is 4.20. The van der Waals surface area contributed by atoms with E-state index in [0.29, 0.717) is 0 Å². The third-order valence-electron chi connectivity index (χ3n) is 2.68. The van der Waals surface area contributed by atoms with Gasteiger partial charge in [-0.25, -0.2) is 0 Å². The first-order valence-corrected chi connectivity index (χ1v) is 7.03. The van der Waals surface area contributed by atoms with Crippen molar-refractivity contribution in [3.8, 4) is 0 Å². The number of pyridine rings is 1. The number of hydrogen-bond acceptors (Lipinski definition) is 3. The molecule has 1 unspecified atom stereocenters. The van der Waals surface area contributed by atoms with E-state index >= 15 is 0 Å². The Morgan fingerprint density at radius 3 is 2.68 bits per heavy atom. The highest BCUT2D eigenvalue weighted by Crippen LogP contribution is 2.37. The third kappa shape index (κ3) is 3.16. The van der Waals surface area contributed by atoms with Crippen molar-refractivity contribution in [1.82, 2.24) is 10.3 Å². The van der Waals surface area contributed by atoms with Crippen LogP contribution in [-0.2, 0) is 6.18 Å². The predicted octanol–water partition coefficient (Wildman–Crippen LogP) is 4.23. The topological polar surface area (TPSA) is 24.9 Å². The summed E-state index contributed by atoms with van der Waals surface area (Å²) in [6.45, 7) is 0. The fourth-order valence-corrected chi connectivity index (χ4v) is 3.07. The molecule has 19 heavy (non-hydrogen) atoms. The lowest BCUT2D eigenvalue weighted by atomic mass is 9.98. The number of nitrogens with zero attached hydrogens (tertiary/aromatic N) is 1. The Balaban J connectivity index is 2.50. The van der Waals surface area contributed by atoms with Crippen molar-refractivity contribution < 1.29 is 13.2 Å². The quantitative estimate of drug-likeness (QED) is 0.895. The molecule has 2 nitrogen and oxygen atoms in total. The molecule has 2 heterocycles. The number of alkyl halides is 3. The molecule has 2 aromatic heterocycles. The molecule has 0 saturated carbocycles. The van der Waals surface area contributed by atoms with E-state index in [0.717, 1.165) is 21.6 Å². The van der Waals surface area contributed by atoms with Crippen LogP contribution in [0.15, 0.2) is 33.7 Å². The first-order valence-electron chi connectivity index (χ1n) is 5.35. The van der Waals surface area contributed by atoms with Gasteiger partial charge in [-0.1, -0.05) is 0 Å². The molecular formula is C12H10BrF3N2S. The zero-order chi connectivity index (χ0) is 14.0. The van der Waals surface area contributed by atoms with Crippen LogP contribution < -0.4 is 5.32 Å². The van der Waals surface area contributed by atoms with Gasteiger partial charge in [-0.3, -0.25) is 4.98 Å². The highest BCUT2D eigenvalue weighted by Gasteiger charge is 2.35. The van der Waals surface area contributed by atoms with Crippen molar-refractivity contribution in [1.29, 1.82) is 0 Å². The van der Waals surface area contributed by atoms with E-state index < -0.39 is 17.8 Å². The van der Waals surface area contributed by atoms with Crippen LogP contribution in [0.5, 0.6) is 0 Å². The number of nitrogens with one attached hydrogen (secondary N) is 1. The van der Waals surface area contributed by atoms with Gasteiger partial charge in [0.15, 0.2) is 0 Å². The van der Waals surface area contributed by atoms with E-state index in [1.54, 1.807) is 13.1 Å². The number of thiophene rings is 1. The SMILES string of the molecule is CNC(c1csc(Br)c1)c1cnccc1C(F)(F)F. The minimum Gasteiger partial charge on any atom is -0.309 e. The van der Waals surface area contributed by atoms with Gasteiger partial charge in [0, 0.05) is 18.0 Å². The van der Waals surface area contributed by atoms with Gasteiger partial charge in [-0.15, -0.1) is 11.3 Å². The molecule has 2 rings (SSSR count). The second-order valence-corrected chi connectivity index (χ2v) is 6.16. The van der Waals surface area contributed by atoms with Gasteiger partial charge in [0.1, 0.15) is 0 Å². The van der Waals surface area contributed by atoms with Gasteiger partial charge >= 0.3 is 6.18 Å². The maximum absolute atomic E-state index is 13.0. The highest BCUT2D eigenvalue weighted by molar-refractivity contribution is 9.11. The van der Waals surface area contributed by atoms with Crippen molar-refractivity contribution in [3.63, 3.8) is 0 Å². The van der Waals surface area contributed by atoms with Crippen LogP contribution in [0.25, 0.3) is 0 Å². The summed E-state index contributed by atoms with van der Waals surface area (Å²) in [6, 6.07) is 2.27. The molecular weight excluding hydrogens is 341 g/mol. The van der Waals surface area contributed by atoms with Crippen molar-refractivity contribution in [2.75, 3.05) is 7.05 Å². The Morgan fingerprint density at radius 1 is 1.42 bits per heavy atom. The van der Waals surface area contributed by atoms with E-state index in [2.05, 4.69) is 26.2 Å². The molecule has 0 amide bonds. The summed E-state index contributed by atoms with van der Waals surface area (Å²) in [6.07, 6.45) is -1.97. The summed E-state index contributed by atoms with van der Waals surface area (Å²) in [4.78, 5) is 3.81. The Kier molecular flexibility index (Phi) is 4.27. The molecule has 1 N–H and O–H groups in total. The van der Waals surface area contributed by atoms with E-state index in [9.17, 15) is 13.2 Å². The summed E-state index contributed by atoms with van der Waals surface area (Å²) in [5.41, 5.74) is 0.241. The molecule has 0 saturated heterocycles. The minimum atomic E-state index is -4.39. The summed E-state index contributed by atoms with van der Waals surface area (Å²) < 4.78 is 39.9. The fourth-order valence-electron chi connectivity index (χ4n) is 1.87. The first-order chi connectivity index (χ1) is 8.93. The van der Waals surface area contributed by atoms with Crippen molar-refractivity contribution in [3.05, 3.63) is 50.4 Å². The first kappa shape index (κ1) is 14.5. The highest BCUT2D eigenvalue weighted by atomic mass is 79.9. The van der Waals surface area contributed by atoms with Crippen molar-refractivity contribution >= 4 is 27.3 Å². The second kappa shape index (κ2) is 5.60. The average molecular weight is 351 g/mol. The van der Waals surface area contributed by atoms with Crippen molar-refractivity contribution in [2.24, 2.45) is 0 Å².